The Hall–Kier alpha value is -2.94. The molecule has 1 unspecified atom stereocenters. The van der Waals surface area contributed by atoms with Crippen molar-refractivity contribution in [2.45, 2.75) is 39.0 Å². The van der Waals surface area contributed by atoms with Gasteiger partial charge in [0.2, 0.25) is 0 Å². The molecule has 2 aromatic rings. The number of rotatable bonds is 8. The number of amides is 1. The number of hydrogen-bond donors (Lipinski definition) is 3. The monoisotopic (exact) mass is 399 g/mol. The number of aliphatic imine (C=N–C) groups is 1. The zero-order chi connectivity index (χ0) is 20.5. The van der Waals surface area contributed by atoms with Crippen molar-refractivity contribution >= 4 is 11.9 Å². The maximum atomic E-state index is 12.4. The van der Waals surface area contributed by atoms with Crippen molar-refractivity contribution in [2.24, 2.45) is 12.0 Å². The number of nitrogens with one attached hydrogen (secondary N) is 3. The van der Waals surface area contributed by atoms with E-state index in [1.165, 1.54) is 6.33 Å². The van der Waals surface area contributed by atoms with Gasteiger partial charge >= 0.3 is 0 Å². The molecule has 0 aliphatic carbocycles. The zero-order valence-electron chi connectivity index (χ0n) is 17.0. The second-order valence-corrected chi connectivity index (χ2v) is 6.89. The summed E-state index contributed by atoms with van der Waals surface area (Å²) in [6.07, 6.45) is 3.72. The van der Waals surface area contributed by atoms with Crippen LogP contribution in [0.25, 0.3) is 0 Å². The van der Waals surface area contributed by atoms with Gasteiger partial charge < -0.3 is 20.7 Å². The summed E-state index contributed by atoms with van der Waals surface area (Å²) in [5.41, 5.74) is 1.60. The third-order valence-electron chi connectivity index (χ3n) is 4.69. The first-order chi connectivity index (χ1) is 14.2. The second kappa shape index (κ2) is 10.6. The Morgan fingerprint density at radius 1 is 1.34 bits per heavy atom. The minimum Gasteiger partial charge on any atom is -0.376 e. The van der Waals surface area contributed by atoms with Crippen LogP contribution >= 0.6 is 0 Å². The first-order valence-electron chi connectivity index (χ1n) is 9.99. The van der Waals surface area contributed by atoms with Crippen LogP contribution in [-0.4, -0.2) is 52.4 Å². The van der Waals surface area contributed by atoms with Crippen molar-refractivity contribution in [3.05, 3.63) is 47.5 Å². The van der Waals surface area contributed by atoms with Crippen LogP contribution in [0.15, 0.2) is 35.6 Å². The van der Waals surface area contributed by atoms with Gasteiger partial charge in [0.05, 0.1) is 19.2 Å². The number of carbonyl (C=O) groups excluding carboxylic acids is 1. The van der Waals surface area contributed by atoms with Gasteiger partial charge in [-0.15, -0.1) is 0 Å². The number of benzene rings is 1. The highest BCUT2D eigenvalue weighted by atomic mass is 16.5. The Morgan fingerprint density at radius 2 is 2.24 bits per heavy atom. The quantitative estimate of drug-likeness (QED) is 0.451. The number of aromatic nitrogens is 3. The van der Waals surface area contributed by atoms with Crippen LogP contribution < -0.4 is 16.0 Å². The van der Waals surface area contributed by atoms with Crippen LogP contribution in [0.2, 0.25) is 0 Å². The smallest absolute Gasteiger partial charge is 0.251 e. The van der Waals surface area contributed by atoms with Crippen molar-refractivity contribution in [1.29, 1.82) is 0 Å². The van der Waals surface area contributed by atoms with Gasteiger partial charge in [-0.1, -0.05) is 12.1 Å². The molecular formula is C20H29N7O2. The second-order valence-electron chi connectivity index (χ2n) is 6.89. The fraction of sp³-hybridized carbons (Fsp3) is 0.500. The molecule has 1 atom stereocenters. The van der Waals surface area contributed by atoms with Crippen molar-refractivity contribution in [3.63, 3.8) is 0 Å². The lowest BCUT2D eigenvalue weighted by molar-refractivity contribution is 0.0857. The van der Waals surface area contributed by atoms with E-state index in [9.17, 15) is 4.79 Å². The van der Waals surface area contributed by atoms with E-state index < -0.39 is 0 Å². The Morgan fingerprint density at radius 3 is 2.97 bits per heavy atom. The minimum absolute atomic E-state index is 0.0846. The summed E-state index contributed by atoms with van der Waals surface area (Å²) in [6.45, 7) is 5.08. The number of nitrogens with zero attached hydrogens (tertiary/aromatic N) is 4. The van der Waals surface area contributed by atoms with Crippen LogP contribution in [0.5, 0.6) is 0 Å². The fourth-order valence-electron chi connectivity index (χ4n) is 3.08. The zero-order valence-corrected chi connectivity index (χ0v) is 17.0. The number of hydrogen-bond acceptors (Lipinski definition) is 5. The highest BCUT2D eigenvalue weighted by molar-refractivity contribution is 5.94. The van der Waals surface area contributed by atoms with Crippen LogP contribution in [0.4, 0.5) is 0 Å². The predicted molar refractivity (Wildman–Crippen MR) is 110 cm³/mol. The molecule has 0 spiro atoms. The summed E-state index contributed by atoms with van der Waals surface area (Å²) in [5.74, 6) is 1.42. The Kier molecular flexibility index (Phi) is 7.57. The van der Waals surface area contributed by atoms with Crippen LogP contribution in [0.1, 0.15) is 41.5 Å². The molecule has 1 aromatic carbocycles. The van der Waals surface area contributed by atoms with Crippen molar-refractivity contribution < 1.29 is 9.53 Å². The van der Waals surface area contributed by atoms with E-state index in [4.69, 9.17) is 4.74 Å². The summed E-state index contributed by atoms with van der Waals surface area (Å²) < 4.78 is 7.27. The Bertz CT molecular complexity index is 828. The normalized spacial score (nSPS) is 16.6. The molecule has 1 aliphatic heterocycles. The van der Waals surface area contributed by atoms with Crippen LogP contribution in [0, 0.1) is 0 Å². The molecule has 1 aliphatic rings. The van der Waals surface area contributed by atoms with Crippen molar-refractivity contribution in [3.8, 4) is 0 Å². The van der Waals surface area contributed by atoms with E-state index in [0.29, 0.717) is 31.2 Å². The molecule has 1 fully saturated rings. The number of ether oxygens (including phenoxy) is 1. The van der Waals surface area contributed by atoms with E-state index in [2.05, 4.69) is 31.0 Å². The average molecular weight is 399 g/mol. The molecule has 0 bridgehead atoms. The topological polar surface area (TPSA) is 105 Å². The third-order valence-corrected chi connectivity index (χ3v) is 4.69. The molecule has 29 heavy (non-hydrogen) atoms. The van der Waals surface area contributed by atoms with Gasteiger partial charge in [-0.05, 0) is 37.5 Å². The molecule has 1 saturated heterocycles. The van der Waals surface area contributed by atoms with Crippen molar-refractivity contribution in [2.75, 3.05) is 19.7 Å². The van der Waals surface area contributed by atoms with Gasteiger partial charge in [-0.2, -0.15) is 5.10 Å². The van der Waals surface area contributed by atoms with E-state index in [0.717, 1.165) is 37.4 Å². The van der Waals surface area contributed by atoms with Gasteiger partial charge in [0.1, 0.15) is 12.2 Å². The first kappa shape index (κ1) is 20.8. The molecule has 1 amide bonds. The Balaban J connectivity index is 1.56. The lowest BCUT2D eigenvalue weighted by Gasteiger charge is -2.12. The van der Waals surface area contributed by atoms with Crippen LogP contribution in [0.3, 0.4) is 0 Å². The third kappa shape index (κ3) is 6.28. The minimum atomic E-state index is -0.0846. The molecule has 9 nitrogen and oxygen atoms in total. The highest BCUT2D eigenvalue weighted by Crippen LogP contribution is 2.11. The number of aryl methyl sites for hydroxylation is 1. The predicted octanol–water partition coefficient (Wildman–Crippen LogP) is 0.979. The summed E-state index contributed by atoms with van der Waals surface area (Å²) >= 11 is 0. The number of guanidine groups is 1. The lowest BCUT2D eigenvalue weighted by atomic mass is 10.1. The summed E-state index contributed by atoms with van der Waals surface area (Å²) in [7, 11) is 1.85. The molecule has 2 heterocycles. The standard InChI is InChI=1S/C20H29N7O2/c1-3-21-20(24-13-18-25-14-26-27(18)2)23-11-15-6-4-7-16(10-15)19(28)22-12-17-8-5-9-29-17/h4,6-7,10,14,17H,3,5,8-9,11-13H2,1-2H3,(H,22,28)(H2,21,23,24). The van der Waals surface area contributed by atoms with Gasteiger partial charge in [0.25, 0.3) is 5.91 Å². The molecular weight excluding hydrogens is 370 g/mol. The van der Waals surface area contributed by atoms with Gasteiger partial charge in [-0.3, -0.25) is 9.48 Å². The summed E-state index contributed by atoms with van der Waals surface area (Å²) in [4.78, 5) is 21.2. The van der Waals surface area contributed by atoms with Crippen LogP contribution in [-0.2, 0) is 24.9 Å². The van der Waals surface area contributed by atoms with Gasteiger partial charge in [0, 0.05) is 32.3 Å². The molecule has 0 radical (unpaired) electrons. The molecule has 0 saturated carbocycles. The maximum Gasteiger partial charge on any atom is 0.251 e. The van der Waals surface area contributed by atoms with E-state index in [-0.39, 0.29) is 12.0 Å². The molecule has 3 N–H and O–H groups in total. The maximum absolute atomic E-state index is 12.4. The SMILES string of the molecule is CCNC(=NCc1cccc(C(=O)NCC2CCCO2)c1)NCc1ncnn1C. The first-order valence-corrected chi connectivity index (χ1v) is 9.99. The molecule has 1 aromatic heterocycles. The van der Waals surface area contributed by atoms with Gasteiger partial charge in [0.15, 0.2) is 5.96 Å². The number of carbonyl (C=O) groups is 1. The molecule has 3 rings (SSSR count). The van der Waals surface area contributed by atoms with Gasteiger partial charge in [-0.25, -0.2) is 9.98 Å². The Labute approximate surface area is 171 Å². The lowest BCUT2D eigenvalue weighted by Crippen LogP contribution is -2.37. The molecule has 156 valence electrons. The summed E-state index contributed by atoms with van der Waals surface area (Å²) in [5, 5.41) is 13.5. The average Bonchev–Trinajstić information content (AvgIpc) is 3.40. The van der Waals surface area contributed by atoms with E-state index in [1.54, 1.807) is 4.68 Å². The fourth-order valence-corrected chi connectivity index (χ4v) is 3.08. The van der Waals surface area contributed by atoms with Crippen molar-refractivity contribution in [1.82, 2.24) is 30.7 Å². The largest absolute Gasteiger partial charge is 0.376 e. The van der Waals surface area contributed by atoms with E-state index in [1.807, 2.05) is 38.2 Å². The van der Waals surface area contributed by atoms with E-state index >= 15 is 0 Å². The highest BCUT2D eigenvalue weighted by Gasteiger charge is 2.16. The molecule has 9 heteroatoms. The summed E-state index contributed by atoms with van der Waals surface area (Å²) in [6, 6.07) is 7.54.